The lowest BCUT2D eigenvalue weighted by atomic mass is 10.4. The van der Waals surface area contributed by atoms with Gasteiger partial charge in [-0.15, -0.1) is 0 Å². The molecule has 0 aliphatic carbocycles. The zero-order chi connectivity index (χ0) is 11.2. The summed E-state index contributed by atoms with van der Waals surface area (Å²) >= 11 is 5.74. The summed E-state index contributed by atoms with van der Waals surface area (Å²) in [6.45, 7) is 1.84. The molecule has 0 unspecified atom stereocenters. The molecule has 0 atom stereocenters. The van der Waals surface area contributed by atoms with Crippen LogP contribution < -0.4 is 5.32 Å². The molecule has 2 rings (SSSR count). The van der Waals surface area contributed by atoms with Gasteiger partial charge in [-0.1, -0.05) is 11.6 Å². The third-order valence-corrected chi connectivity index (χ3v) is 2.41. The molecule has 84 valence electrons. The number of pyridine rings is 1. The molecule has 16 heavy (non-hydrogen) atoms. The van der Waals surface area contributed by atoms with E-state index in [0.717, 1.165) is 25.3 Å². The SMILES string of the molecule is Clc1ccc(NCCCn2ccnc2)nc1. The highest BCUT2D eigenvalue weighted by Gasteiger charge is 1.94. The van der Waals surface area contributed by atoms with E-state index in [4.69, 9.17) is 11.6 Å². The van der Waals surface area contributed by atoms with E-state index in [1.165, 1.54) is 0 Å². The first kappa shape index (κ1) is 11.0. The van der Waals surface area contributed by atoms with Crippen molar-refractivity contribution in [3.05, 3.63) is 42.1 Å². The topological polar surface area (TPSA) is 42.7 Å². The maximum atomic E-state index is 5.74. The summed E-state index contributed by atoms with van der Waals surface area (Å²) < 4.78 is 2.05. The van der Waals surface area contributed by atoms with E-state index in [1.807, 2.05) is 24.7 Å². The number of aryl methyl sites for hydroxylation is 1. The minimum atomic E-state index is 0.656. The van der Waals surface area contributed by atoms with Crippen LogP contribution in [0.25, 0.3) is 0 Å². The maximum Gasteiger partial charge on any atom is 0.125 e. The van der Waals surface area contributed by atoms with Crippen molar-refractivity contribution in [3.63, 3.8) is 0 Å². The van der Waals surface area contributed by atoms with Crippen LogP contribution >= 0.6 is 11.6 Å². The first-order valence-electron chi connectivity index (χ1n) is 5.16. The van der Waals surface area contributed by atoms with E-state index < -0.39 is 0 Å². The fraction of sp³-hybridized carbons (Fsp3) is 0.273. The largest absolute Gasteiger partial charge is 0.370 e. The van der Waals surface area contributed by atoms with Crippen molar-refractivity contribution in [1.29, 1.82) is 0 Å². The molecule has 0 bridgehead atoms. The van der Waals surface area contributed by atoms with Gasteiger partial charge in [0.2, 0.25) is 0 Å². The van der Waals surface area contributed by atoms with Gasteiger partial charge < -0.3 is 9.88 Å². The normalized spacial score (nSPS) is 10.3. The molecule has 0 spiro atoms. The van der Waals surface area contributed by atoms with Crippen LogP contribution in [0.3, 0.4) is 0 Å². The highest BCUT2D eigenvalue weighted by Crippen LogP contribution is 2.09. The highest BCUT2D eigenvalue weighted by molar-refractivity contribution is 6.30. The van der Waals surface area contributed by atoms with Gasteiger partial charge in [0.1, 0.15) is 5.82 Å². The molecule has 2 heterocycles. The molecular formula is C11H13ClN4. The maximum absolute atomic E-state index is 5.74. The highest BCUT2D eigenvalue weighted by atomic mass is 35.5. The summed E-state index contributed by atoms with van der Waals surface area (Å²) in [5, 5.41) is 3.89. The van der Waals surface area contributed by atoms with Crippen LogP contribution in [0.1, 0.15) is 6.42 Å². The molecule has 0 saturated carbocycles. The van der Waals surface area contributed by atoms with Crippen molar-refractivity contribution < 1.29 is 0 Å². The Balaban J connectivity index is 1.70. The van der Waals surface area contributed by atoms with E-state index in [2.05, 4.69) is 19.9 Å². The lowest BCUT2D eigenvalue weighted by molar-refractivity contribution is 0.660. The molecular weight excluding hydrogens is 224 g/mol. The number of nitrogens with one attached hydrogen (secondary N) is 1. The predicted octanol–water partition coefficient (Wildman–Crippen LogP) is 2.43. The Bertz CT molecular complexity index is 410. The van der Waals surface area contributed by atoms with Crippen LogP contribution in [0.4, 0.5) is 5.82 Å². The lowest BCUT2D eigenvalue weighted by Crippen LogP contribution is -2.06. The standard InChI is InChI=1S/C11H13ClN4/c12-10-2-3-11(15-8-10)14-4-1-6-16-7-5-13-9-16/h2-3,5,7-9H,1,4,6H2,(H,14,15). The van der Waals surface area contributed by atoms with E-state index in [0.29, 0.717) is 5.02 Å². The van der Waals surface area contributed by atoms with Crippen molar-refractivity contribution in [1.82, 2.24) is 14.5 Å². The second kappa shape index (κ2) is 5.51. The minimum absolute atomic E-state index is 0.656. The molecule has 1 N–H and O–H groups in total. The van der Waals surface area contributed by atoms with Crippen LogP contribution in [0.15, 0.2) is 37.1 Å². The molecule has 0 aliphatic rings. The van der Waals surface area contributed by atoms with Crippen LogP contribution in [0.2, 0.25) is 5.02 Å². The first-order chi connectivity index (χ1) is 7.84. The molecule has 0 aliphatic heterocycles. The molecule has 2 aromatic rings. The second-order valence-corrected chi connectivity index (χ2v) is 3.88. The number of rotatable bonds is 5. The number of imidazole rings is 1. The summed E-state index contributed by atoms with van der Waals surface area (Å²) in [7, 11) is 0. The van der Waals surface area contributed by atoms with E-state index in [9.17, 15) is 0 Å². The van der Waals surface area contributed by atoms with Gasteiger partial charge in [0.25, 0.3) is 0 Å². The molecule has 2 aromatic heterocycles. The van der Waals surface area contributed by atoms with Crippen LogP contribution in [0.5, 0.6) is 0 Å². The third-order valence-electron chi connectivity index (χ3n) is 2.19. The fourth-order valence-corrected chi connectivity index (χ4v) is 1.49. The number of nitrogens with zero attached hydrogens (tertiary/aromatic N) is 3. The third kappa shape index (κ3) is 3.24. The molecule has 0 amide bonds. The molecule has 5 heteroatoms. The Labute approximate surface area is 99.3 Å². The summed E-state index contributed by atoms with van der Waals surface area (Å²) in [5.74, 6) is 0.857. The monoisotopic (exact) mass is 236 g/mol. The Morgan fingerprint density at radius 2 is 2.31 bits per heavy atom. The summed E-state index contributed by atoms with van der Waals surface area (Å²) in [6, 6.07) is 3.70. The Kier molecular flexibility index (Phi) is 3.77. The minimum Gasteiger partial charge on any atom is -0.370 e. The lowest BCUT2D eigenvalue weighted by Gasteiger charge is -2.05. The molecule has 4 nitrogen and oxygen atoms in total. The molecule has 0 radical (unpaired) electrons. The quantitative estimate of drug-likeness (QED) is 0.811. The van der Waals surface area contributed by atoms with Crippen LogP contribution in [0, 0.1) is 0 Å². The van der Waals surface area contributed by atoms with Crippen molar-refractivity contribution in [3.8, 4) is 0 Å². The van der Waals surface area contributed by atoms with Crippen molar-refractivity contribution in [2.45, 2.75) is 13.0 Å². The van der Waals surface area contributed by atoms with Gasteiger partial charge in [-0.3, -0.25) is 0 Å². The first-order valence-corrected chi connectivity index (χ1v) is 5.53. The van der Waals surface area contributed by atoms with Gasteiger partial charge in [-0.25, -0.2) is 9.97 Å². The Morgan fingerprint density at radius 1 is 1.38 bits per heavy atom. The van der Waals surface area contributed by atoms with Gasteiger partial charge in [0, 0.05) is 31.7 Å². The van der Waals surface area contributed by atoms with Crippen molar-refractivity contribution in [2.24, 2.45) is 0 Å². The number of halogens is 1. The predicted molar refractivity (Wildman–Crippen MR) is 64.6 cm³/mol. The summed E-state index contributed by atoms with van der Waals surface area (Å²) in [5.41, 5.74) is 0. The zero-order valence-electron chi connectivity index (χ0n) is 8.81. The van der Waals surface area contributed by atoms with Gasteiger partial charge in [0.15, 0.2) is 0 Å². The van der Waals surface area contributed by atoms with Gasteiger partial charge in [0.05, 0.1) is 11.3 Å². The second-order valence-electron chi connectivity index (χ2n) is 3.44. The number of anilines is 1. The Hall–Kier alpha value is -1.55. The van der Waals surface area contributed by atoms with Crippen LogP contribution in [-0.2, 0) is 6.54 Å². The van der Waals surface area contributed by atoms with E-state index >= 15 is 0 Å². The number of hydrogen-bond acceptors (Lipinski definition) is 3. The number of hydrogen-bond donors (Lipinski definition) is 1. The van der Waals surface area contributed by atoms with Crippen molar-refractivity contribution >= 4 is 17.4 Å². The Morgan fingerprint density at radius 3 is 3.00 bits per heavy atom. The van der Waals surface area contributed by atoms with Crippen LogP contribution in [-0.4, -0.2) is 21.1 Å². The average molecular weight is 237 g/mol. The molecule has 0 saturated heterocycles. The van der Waals surface area contributed by atoms with Crippen molar-refractivity contribution in [2.75, 3.05) is 11.9 Å². The molecule has 0 fully saturated rings. The number of aromatic nitrogens is 3. The smallest absolute Gasteiger partial charge is 0.125 e. The van der Waals surface area contributed by atoms with E-state index in [-0.39, 0.29) is 0 Å². The zero-order valence-corrected chi connectivity index (χ0v) is 9.56. The average Bonchev–Trinajstić information content (AvgIpc) is 2.80. The summed E-state index contributed by atoms with van der Waals surface area (Å²) in [4.78, 5) is 8.13. The fourth-order valence-electron chi connectivity index (χ4n) is 1.38. The van der Waals surface area contributed by atoms with Gasteiger partial charge >= 0.3 is 0 Å². The summed E-state index contributed by atoms with van der Waals surface area (Å²) in [6.07, 6.45) is 8.23. The van der Waals surface area contributed by atoms with Gasteiger partial charge in [-0.2, -0.15) is 0 Å². The molecule has 0 aromatic carbocycles. The van der Waals surface area contributed by atoms with Gasteiger partial charge in [-0.05, 0) is 18.6 Å². The van der Waals surface area contributed by atoms with E-state index in [1.54, 1.807) is 12.4 Å².